The molecule has 1 aliphatic rings. The van der Waals surface area contributed by atoms with E-state index in [2.05, 4.69) is 5.92 Å². The lowest BCUT2D eigenvalue weighted by atomic mass is 10.1. The van der Waals surface area contributed by atoms with Gasteiger partial charge in [0.05, 0.1) is 0 Å². The quantitative estimate of drug-likeness (QED) is 0.556. The Hall–Kier alpha value is -1.01. The van der Waals surface area contributed by atoms with Crippen LogP contribution < -0.4 is 5.73 Å². The van der Waals surface area contributed by atoms with Crippen LogP contribution in [0.25, 0.3) is 0 Å². The Morgan fingerprint density at radius 1 is 1.40 bits per heavy atom. The van der Waals surface area contributed by atoms with E-state index in [9.17, 15) is 4.79 Å². The number of carbonyl (C=O) groups excluding carboxylic acids is 1. The number of hydrogen-bond acceptors (Lipinski definition) is 2. The number of rotatable bonds is 4. The summed E-state index contributed by atoms with van der Waals surface area (Å²) >= 11 is 0. The van der Waals surface area contributed by atoms with Crippen LogP contribution >= 0.6 is 0 Å². The molecule has 84 valence electrons. The van der Waals surface area contributed by atoms with Gasteiger partial charge >= 0.3 is 0 Å². The molecule has 1 rings (SSSR count). The monoisotopic (exact) mass is 208 g/mol. The largest absolute Gasteiger partial charge is 0.343 e. The summed E-state index contributed by atoms with van der Waals surface area (Å²) in [7, 11) is 0. The molecule has 2 N–H and O–H groups in total. The predicted molar refractivity (Wildman–Crippen MR) is 61.1 cm³/mol. The van der Waals surface area contributed by atoms with Crippen LogP contribution in [0.3, 0.4) is 0 Å². The molecule has 1 amide bonds. The molecule has 0 bridgehead atoms. The molecule has 0 aliphatic carbocycles. The van der Waals surface area contributed by atoms with Crippen LogP contribution in [0.1, 0.15) is 38.5 Å². The van der Waals surface area contributed by atoms with Crippen molar-refractivity contribution < 1.29 is 4.79 Å². The maximum absolute atomic E-state index is 11.7. The van der Waals surface area contributed by atoms with Gasteiger partial charge in [-0.05, 0) is 25.7 Å². The van der Waals surface area contributed by atoms with Crippen LogP contribution in [-0.2, 0) is 4.79 Å². The lowest BCUT2D eigenvalue weighted by molar-refractivity contribution is -0.132. The van der Waals surface area contributed by atoms with Crippen molar-refractivity contribution in [1.82, 2.24) is 4.90 Å². The van der Waals surface area contributed by atoms with Crippen molar-refractivity contribution in [2.45, 2.75) is 44.6 Å². The van der Waals surface area contributed by atoms with E-state index in [1.54, 1.807) is 0 Å². The molecule has 0 saturated carbocycles. The fraction of sp³-hybridized carbons (Fsp3) is 0.750. The SMILES string of the molecule is C#CCCCCC(=O)N1CCC(N)CC1. The number of unbranched alkanes of at least 4 members (excludes halogenated alkanes) is 2. The summed E-state index contributed by atoms with van der Waals surface area (Å²) in [6.45, 7) is 1.66. The van der Waals surface area contributed by atoms with Gasteiger partial charge in [0.1, 0.15) is 0 Å². The van der Waals surface area contributed by atoms with Crippen LogP contribution in [0.5, 0.6) is 0 Å². The summed E-state index contributed by atoms with van der Waals surface area (Å²) in [5, 5.41) is 0. The van der Waals surface area contributed by atoms with Gasteiger partial charge < -0.3 is 10.6 Å². The summed E-state index contributed by atoms with van der Waals surface area (Å²) in [5.74, 6) is 2.85. The molecule has 1 fully saturated rings. The number of nitrogens with zero attached hydrogens (tertiary/aromatic N) is 1. The number of piperidine rings is 1. The van der Waals surface area contributed by atoms with Crippen molar-refractivity contribution in [2.75, 3.05) is 13.1 Å². The maximum atomic E-state index is 11.7. The number of nitrogens with two attached hydrogens (primary N) is 1. The summed E-state index contributed by atoms with van der Waals surface area (Å²) in [6, 6.07) is 0.287. The molecule has 0 aromatic carbocycles. The summed E-state index contributed by atoms with van der Waals surface area (Å²) in [5.41, 5.74) is 5.78. The van der Waals surface area contributed by atoms with Crippen molar-refractivity contribution in [3.63, 3.8) is 0 Å². The third-order valence-corrected chi connectivity index (χ3v) is 2.85. The van der Waals surface area contributed by atoms with Crippen LogP contribution in [0.4, 0.5) is 0 Å². The van der Waals surface area contributed by atoms with Gasteiger partial charge in [-0.15, -0.1) is 12.3 Å². The van der Waals surface area contributed by atoms with E-state index in [0.717, 1.165) is 45.2 Å². The summed E-state index contributed by atoms with van der Waals surface area (Å²) < 4.78 is 0. The maximum Gasteiger partial charge on any atom is 0.222 e. The molecule has 0 spiro atoms. The molecule has 3 heteroatoms. The Morgan fingerprint density at radius 3 is 2.67 bits per heavy atom. The van der Waals surface area contributed by atoms with Gasteiger partial charge in [0.2, 0.25) is 5.91 Å². The molecule has 1 heterocycles. The van der Waals surface area contributed by atoms with Gasteiger partial charge in [-0.2, -0.15) is 0 Å². The first-order valence-corrected chi connectivity index (χ1v) is 5.71. The van der Waals surface area contributed by atoms with Crippen LogP contribution in [0, 0.1) is 12.3 Å². The van der Waals surface area contributed by atoms with Crippen LogP contribution in [0.2, 0.25) is 0 Å². The third-order valence-electron chi connectivity index (χ3n) is 2.85. The minimum atomic E-state index is 0.263. The Bertz CT molecular complexity index is 236. The molecule has 3 nitrogen and oxygen atoms in total. The van der Waals surface area contributed by atoms with Gasteiger partial charge in [-0.25, -0.2) is 0 Å². The number of amides is 1. The topological polar surface area (TPSA) is 46.3 Å². The fourth-order valence-corrected chi connectivity index (χ4v) is 1.81. The first-order valence-electron chi connectivity index (χ1n) is 5.71. The van der Waals surface area contributed by atoms with E-state index in [1.165, 1.54) is 0 Å². The average molecular weight is 208 g/mol. The van der Waals surface area contributed by atoms with Crippen LogP contribution in [-0.4, -0.2) is 29.9 Å². The number of hydrogen-bond donors (Lipinski definition) is 1. The standard InChI is InChI=1S/C12H20N2O/c1-2-3-4-5-6-12(15)14-9-7-11(13)8-10-14/h1,11H,3-10,13H2. The molecule has 0 radical (unpaired) electrons. The minimum Gasteiger partial charge on any atom is -0.343 e. The number of carbonyl (C=O) groups is 1. The van der Waals surface area contributed by atoms with Crippen molar-refractivity contribution in [3.8, 4) is 12.3 Å². The van der Waals surface area contributed by atoms with Gasteiger partial charge in [-0.3, -0.25) is 4.79 Å². The van der Waals surface area contributed by atoms with E-state index < -0.39 is 0 Å². The van der Waals surface area contributed by atoms with Gasteiger partial charge in [0, 0.05) is 32.0 Å². The van der Waals surface area contributed by atoms with Gasteiger partial charge in [0.25, 0.3) is 0 Å². The van der Waals surface area contributed by atoms with Crippen molar-refractivity contribution in [1.29, 1.82) is 0 Å². The highest BCUT2D eigenvalue weighted by atomic mass is 16.2. The van der Waals surface area contributed by atoms with E-state index in [4.69, 9.17) is 12.2 Å². The molecule has 1 aliphatic heterocycles. The second-order valence-corrected chi connectivity index (χ2v) is 4.13. The lowest BCUT2D eigenvalue weighted by Gasteiger charge is -2.30. The van der Waals surface area contributed by atoms with E-state index in [0.29, 0.717) is 6.42 Å². The molecule has 0 atom stereocenters. The molecule has 0 aromatic rings. The first kappa shape index (κ1) is 12.1. The Balaban J connectivity index is 2.14. The zero-order valence-corrected chi connectivity index (χ0v) is 9.24. The zero-order valence-electron chi connectivity index (χ0n) is 9.24. The van der Waals surface area contributed by atoms with Crippen molar-refractivity contribution in [2.24, 2.45) is 5.73 Å². The Morgan fingerprint density at radius 2 is 2.07 bits per heavy atom. The molecule has 0 unspecified atom stereocenters. The fourth-order valence-electron chi connectivity index (χ4n) is 1.81. The number of likely N-dealkylation sites (tertiary alicyclic amines) is 1. The highest BCUT2D eigenvalue weighted by molar-refractivity contribution is 5.76. The highest BCUT2D eigenvalue weighted by Gasteiger charge is 2.19. The smallest absolute Gasteiger partial charge is 0.222 e. The summed E-state index contributed by atoms with van der Waals surface area (Å²) in [4.78, 5) is 13.6. The molecular formula is C12H20N2O. The van der Waals surface area contributed by atoms with E-state index in [1.807, 2.05) is 4.90 Å². The van der Waals surface area contributed by atoms with Crippen molar-refractivity contribution in [3.05, 3.63) is 0 Å². The van der Waals surface area contributed by atoms with E-state index >= 15 is 0 Å². The minimum absolute atomic E-state index is 0.263. The second kappa shape index (κ2) is 6.47. The van der Waals surface area contributed by atoms with Crippen molar-refractivity contribution >= 4 is 5.91 Å². The average Bonchev–Trinajstić information content (AvgIpc) is 2.25. The Labute approximate surface area is 92.0 Å². The second-order valence-electron chi connectivity index (χ2n) is 4.13. The van der Waals surface area contributed by atoms with Gasteiger partial charge in [-0.1, -0.05) is 0 Å². The third kappa shape index (κ3) is 4.35. The first-order chi connectivity index (χ1) is 7.24. The lowest BCUT2D eigenvalue weighted by Crippen LogP contribution is -2.42. The van der Waals surface area contributed by atoms with Gasteiger partial charge in [0.15, 0.2) is 0 Å². The molecule has 15 heavy (non-hydrogen) atoms. The number of terminal acetylenes is 1. The van der Waals surface area contributed by atoms with E-state index in [-0.39, 0.29) is 11.9 Å². The Kier molecular flexibility index (Phi) is 5.20. The van der Waals surface area contributed by atoms with Crippen LogP contribution in [0.15, 0.2) is 0 Å². The predicted octanol–water partition coefficient (Wildman–Crippen LogP) is 1.13. The zero-order chi connectivity index (χ0) is 11.1. The highest BCUT2D eigenvalue weighted by Crippen LogP contribution is 2.11. The summed E-state index contributed by atoms with van der Waals surface area (Å²) in [6.07, 6.45) is 10.3. The molecular weight excluding hydrogens is 188 g/mol. The molecule has 0 aromatic heterocycles. The molecule has 1 saturated heterocycles. The normalized spacial score (nSPS) is 17.5.